The van der Waals surface area contributed by atoms with Crippen molar-refractivity contribution in [2.24, 2.45) is 0 Å². The molecular weight excluding hydrogens is 479 g/mol. The Morgan fingerprint density at radius 3 is 2.66 bits per heavy atom. The van der Waals surface area contributed by atoms with E-state index in [2.05, 4.69) is 35.5 Å². The lowest BCUT2D eigenvalue weighted by Gasteiger charge is -2.26. The molecule has 1 aromatic carbocycles. The Kier molecular flexibility index (Phi) is 8.26. The topological polar surface area (TPSA) is 88.1 Å². The van der Waals surface area contributed by atoms with Gasteiger partial charge in [-0.2, -0.15) is 28.1 Å². The molecule has 2 N–H and O–H groups in total. The SMILES string of the molecule is Cc1cnc(Nc2nc(/C=C/c3cccc(C(F)(F)F)c3)nc(NCCCN3CCOCC3)n2)s1. The van der Waals surface area contributed by atoms with E-state index in [1.54, 1.807) is 24.4 Å². The molecule has 4 rings (SSSR count). The first-order valence-electron chi connectivity index (χ1n) is 11.2. The van der Waals surface area contributed by atoms with Crippen LogP contribution in [0.4, 0.5) is 30.2 Å². The van der Waals surface area contributed by atoms with Crippen LogP contribution in [0.1, 0.15) is 28.2 Å². The molecule has 3 heterocycles. The van der Waals surface area contributed by atoms with Gasteiger partial charge >= 0.3 is 6.18 Å². The van der Waals surface area contributed by atoms with Gasteiger partial charge in [0.05, 0.1) is 18.8 Å². The predicted molar refractivity (Wildman–Crippen MR) is 131 cm³/mol. The molecule has 0 bridgehead atoms. The van der Waals surface area contributed by atoms with Crippen molar-refractivity contribution in [3.05, 3.63) is 52.3 Å². The van der Waals surface area contributed by atoms with Crippen molar-refractivity contribution in [1.82, 2.24) is 24.8 Å². The monoisotopic (exact) mass is 505 g/mol. The van der Waals surface area contributed by atoms with E-state index < -0.39 is 11.7 Å². The van der Waals surface area contributed by atoms with Gasteiger partial charge in [-0.25, -0.2) is 4.98 Å². The van der Waals surface area contributed by atoms with Crippen LogP contribution >= 0.6 is 11.3 Å². The number of rotatable bonds is 9. The quantitative estimate of drug-likeness (QED) is 0.405. The number of morpholine rings is 1. The second-order valence-corrected chi connectivity index (χ2v) is 9.17. The van der Waals surface area contributed by atoms with Gasteiger partial charge in [0.25, 0.3) is 0 Å². The molecule has 1 fully saturated rings. The lowest BCUT2D eigenvalue weighted by molar-refractivity contribution is -0.137. The lowest BCUT2D eigenvalue weighted by Crippen LogP contribution is -2.37. The molecule has 1 aliphatic heterocycles. The molecule has 1 aliphatic rings. The number of nitrogens with one attached hydrogen (secondary N) is 2. The van der Waals surface area contributed by atoms with Gasteiger partial charge in [0, 0.05) is 30.7 Å². The third-order valence-corrected chi connectivity index (χ3v) is 6.00. The number of thiazole rings is 1. The second-order valence-electron chi connectivity index (χ2n) is 7.93. The number of alkyl halides is 3. The summed E-state index contributed by atoms with van der Waals surface area (Å²) in [6.45, 7) is 6.92. The molecule has 35 heavy (non-hydrogen) atoms. The highest BCUT2D eigenvalue weighted by molar-refractivity contribution is 7.15. The van der Waals surface area contributed by atoms with Gasteiger partial charge in [-0.05, 0) is 43.7 Å². The molecule has 186 valence electrons. The van der Waals surface area contributed by atoms with Gasteiger partial charge in [0.1, 0.15) is 0 Å². The highest BCUT2D eigenvalue weighted by atomic mass is 32.1. The Labute approximate surface area is 205 Å². The smallest absolute Gasteiger partial charge is 0.379 e. The summed E-state index contributed by atoms with van der Waals surface area (Å²) in [6, 6.07) is 5.08. The van der Waals surface area contributed by atoms with Crippen molar-refractivity contribution in [2.45, 2.75) is 19.5 Å². The number of halogens is 3. The van der Waals surface area contributed by atoms with E-state index in [0.29, 0.717) is 35.0 Å². The summed E-state index contributed by atoms with van der Waals surface area (Å²) in [5.41, 5.74) is -0.315. The van der Waals surface area contributed by atoms with Gasteiger partial charge in [-0.3, -0.25) is 10.2 Å². The molecule has 8 nitrogen and oxygen atoms in total. The molecular formula is C23H26F3N7OS. The number of ether oxygens (including phenoxy) is 1. The molecule has 0 atom stereocenters. The number of aryl methyl sites for hydroxylation is 1. The van der Waals surface area contributed by atoms with Crippen LogP contribution in [0.15, 0.2) is 30.5 Å². The fourth-order valence-corrected chi connectivity index (χ4v) is 4.09. The fraction of sp³-hybridized carbons (Fsp3) is 0.391. The average molecular weight is 506 g/mol. The maximum Gasteiger partial charge on any atom is 0.416 e. The number of nitrogens with zero attached hydrogens (tertiary/aromatic N) is 5. The Hall–Kier alpha value is -3.09. The van der Waals surface area contributed by atoms with Gasteiger partial charge in [0.2, 0.25) is 11.9 Å². The van der Waals surface area contributed by atoms with Gasteiger partial charge in [0.15, 0.2) is 11.0 Å². The van der Waals surface area contributed by atoms with Crippen LogP contribution in [-0.4, -0.2) is 64.2 Å². The Morgan fingerprint density at radius 2 is 1.91 bits per heavy atom. The maximum absolute atomic E-state index is 13.0. The van der Waals surface area contributed by atoms with Crippen molar-refractivity contribution in [3.63, 3.8) is 0 Å². The van der Waals surface area contributed by atoms with Crippen LogP contribution in [-0.2, 0) is 10.9 Å². The molecule has 0 spiro atoms. The molecule has 1 saturated heterocycles. The molecule has 3 aromatic rings. The zero-order chi connectivity index (χ0) is 24.7. The van der Waals surface area contributed by atoms with Crippen molar-refractivity contribution >= 4 is 40.5 Å². The van der Waals surface area contributed by atoms with Crippen molar-refractivity contribution < 1.29 is 17.9 Å². The highest BCUT2D eigenvalue weighted by Gasteiger charge is 2.30. The number of hydrogen-bond donors (Lipinski definition) is 2. The number of benzene rings is 1. The Morgan fingerprint density at radius 1 is 1.11 bits per heavy atom. The third-order valence-electron chi connectivity index (χ3n) is 5.17. The molecule has 12 heteroatoms. The number of anilines is 3. The Bertz CT molecular complexity index is 1150. The van der Waals surface area contributed by atoms with E-state index in [9.17, 15) is 13.2 Å². The van der Waals surface area contributed by atoms with Gasteiger partial charge in [-0.1, -0.05) is 18.2 Å². The molecule has 0 unspecified atom stereocenters. The standard InChI is InChI=1S/C23H26F3N7OS/c1-16-15-28-22(35-16)32-21-30-19(7-6-17-4-2-5-18(14-17)23(24,25)26)29-20(31-21)27-8-3-9-33-10-12-34-13-11-33/h2,4-7,14-15H,3,8-13H2,1H3,(H2,27,28,29,30,31,32)/b7-6+. The minimum atomic E-state index is -4.40. The summed E-state index contributed by atoms with van der Waals surface area (Å²) in [5, 5.41) is 6.94. The third kappa shape index (κ3) is 7.70. The van der Waals surface area contributed by atoms with Crippen molar-refractivity contribution in [2.75, 3.05) is 50.0 Å². The van der Waals surface area contributed by atoms with E-state index in [-0.39, 0.29) is 0 Å². The number of hydrogen-bond acceptors (Lipinski definition) is 9. The zero-order valence-corrected chi connectivity index (χ0v) is 20.0. The molecule has 0 saturated carbocycles. The second kappa shape index (κ2) is 11.6. The first kappa shape index (κ1) is 25.0. The number of aromatic nitrogens is 4. The van der Waals surface area contributed by atoms with E-state index in [0.717, 1.165) is 56.3 Å². The van der Waals surface area contributed by atoms with Crippen LogP contribution in [0.5, 0.6) is 0 Å². The summed E-state index contributed by atoms with van der Waals surface area (Å²) in [4.78, 5) is 20.9. The minimum absolute atomic E-state index is 0.300. The van der Waals surface area contributed by atoms with E-state index >= 15 is 0 Å². The molecule has 0 amide bonds. The van der Waals surface area contributed by atoms with Crippen LogP contribution in [0.25, 0.3) is 12.2 Å². The van der Waals surface area contributed by atoms with Gasteiger partial charge < -0.3 is 10.1 Å². The summed E-state index contributed by atoms with van der Waals surface area (Å²) in [6.07, 6.45) is 1.35. The summed E-state index contributed by atoms with van der Waals surface area (Å²) in [5.74, 6) is 0.985. The fourth-order valence-electron chi connectivity index (χ4n) is 3.43. The lowest BCUT2D eigenvalue weighted by atomic mass is 10.1. The minimum Gasteiger partial charge on any atom is -0.379 e. The van der Waals surface area contributed by atoms with E-state index in [1.807, 2.05) is 6.92 Å². The molecule has 2 aromatic heterocycles. The largest absolute Gasteiger partial charge is 0.416 e. The molecule has 0 aliphatic carbocycles. The first-order chi connectivity index (χ1) is 16.8. The normalized spacial score (nSPS) is 15.0. The molecule has 0 radical (unpaired) electrons. The van der Waals surface area contributed by atoms with E-state index in [4.69, 9.17) is 4.74 Å². The summed E-state index contributed by atoms with van der Waals surface area (Å²) in [7, 11) is 0. The highest BCUT2D eigenvalue weighted by Crippen LogP contribution is 2.30. The van der Waals surface area contributed by atoms with Crippen molar-refractivity contribution in [3.8, 4) is 0 Å². The summed E-state index contributed by atoms with van der Waals surface area (Å²) < 4.78 is 44.4. The van der Waals surface area contributed by atoms with Crippen molar-refractivity contribution in [1.29, 1.82) is 0 Å². The average Bonchev–Trinajstić information content (AvgIpc) is 3.25. The van der Waals surface area contributed by atoms with Crippen LogP contribution < -0.4 is 10.6 Å². The van der Waals surface area contributed by atoms with Gasteiger partial charge in [-0.15, -0.1) is 11.3 Å². The zero-order valence-electron chi connectivity index (χ0n) is 19.2. The van der Waals surface area contributed by atoms with Crippen LogP contribution in [0, 0.1) is 6.92 Å². The van der Waals surface area contributed by atoms with E-state index in [1.165, 1.54) is 17.4 Å². The van der Waals surface area contributed by atoms with Crippen LogP contribution in [0.3, 0.4) is 0 Å². The first-order valence-corrected chi connectivity index (χ1v) is 12.0. The van der Waals surface area contributed by atoms with Crippen LogP contribution in [0.2, 0.25) is 0 Å². The Balaban J connectivity index is 1.47. The predicted octanol–water partition coefficient (Wildman–Crippen LogP) is 4.70. The summed E-state index contributed by atoms with van der Waals surface area (Å²) >= 11 is 1.46. The maximum atomic E-state index is 13.0.